The van der Waals surface area contributed by atoms with Gasteiger partial charge < -0.3 is 14.2 Å². The first-order valence-electron chi connectivity index (χ1n) is 7.81. The summed E-state index contributed by atoms with van der Waals surface area (Å²) in [6.07, 6.45) is 0. The van der Waals surface area contributed by atoms with Gasteiger partial charge in [-0.3, -0.25) is 9.59 Å². The van der Waals surface area contributed by atoms with Crippen LogP contribution in [-0.4, -0.2) is 30.3 Å². The van der Waals surface area contributed by atoms with E-state index >= 15 is 0 Å². The zero-order chi connectivity index (χ0) is 18.6. The van der Waals surface area contributed by atoms with Gasteiger partial charge in [0.15, 0.2) is 0 Å². The molecule has 0 bridgehead atoms. The van der Waals surface area contributed by atoms with E-state index in [0.717, 1.165) is 21.4 Å². The minimum atomic E-state index is -0.281. The summed E-state index contributed by atoms with van der Waals surface area (Å²) in [5.74, 6) is 0.485. The van der Waals surface area contributed by atoms with Crippen molar-refractivity contribution in [2.24, 2.45) is 12.1 Å². The van der Waals surface area contributed by atoms with Crippen molar-refractivity contribution in [1.29, 1.82) is 0 Å². The van der Waals surface area contributed by atoms with E-state index in [-0.39, 0.29) is 11.5 Å². The van der Waals surface area contributed by atoms with Gasteiger partial charge in [-0.25, -0.2) is 5.43 Å². The maximum absolute atomic E-state index is 12.9. The van der Waals surface area contributed by atoms with Crippen molar-refractivity contribution in [3.63, 3.8) is 0 Å². The number of nitrogens with one attached hydrogen (secondary N) is 1. The Kier molecular flexibility index (Phi) is 3.92. The van der Waals surface area contributed by atoms with E-state index in [1.807, 2.05) is 30.1 Å². The Morgan fingerprint density at radius 1 is 1.23 bits per heavy atom. The Morgan fingerprint density at radius 2 is 2.00 bits per heavy atom. The number of hydrazone groups is 1. The van der Waals surface area contributed by atoms with Crippen LogP contribution in [0.5, 0.6) is 5.75 Å². The number of anilines is 1. The van der Waals surface area contributed by atoms with E-state index in [2.05, 4.69) is 10.5 Å². The molecule has 0 saturated carbocycles. The van der Waals surface area contributed by atoms with Crippen LogP contribution >= 0.6 is 23.1 Å². The molecular weight excluding hydrogens is 372 g/mol. The van der Waals surface area contributed by atoms with Crippen molar-refractivity contribution >= 4 is 51.0 Å². The minimum absolute atomic E-state index is 0.126. The largest absolute Gasteiger partial charge is 0.497 e. The predicted molar refractivity (Wildman–Crippen MR) is 104 cm³/mol. The molecule has 0 fully saturated rings. The second-order valence-electron chi connectivity index (χ2n) is 5.91. The molecule has 2 aromatic rings. The summed E-state index contributed by atoms with van der Waals surface area (Å²) in [6.45, 7) is 1.75. The van der Waals surface area contributed by atoms with Crippen LogP contribution in [0.15, 0.2) is 33.0 Å². The smallest absolute Gasteiger partial charge is 0.276 e. The van der Waals surface area contributed by atoms with Gasteiger partial charge in [0.1, 0.15) is 20.0 Å². The molecule has 2 aliphatic rings. The average Bonchev–Trinajstić information content (AvgIpc) is 3.23. The molecule has 0 aliphatic carbocycles. The fourth-order valence-electron chi connectivity index (χ4n) is 2.92. The molecule has 1 N–H and O–H groups in total. The van der Waals surface area contributed by atoms with E-state index in [9.17, 15) is 9.59 Å². The monoisotopic (exact) mass is 388 g/mol. The van der Waals surface area contributed by atoms with Crippen LogP contribution in [0.2, 0.25) is 0 Å². The standard InChI is InChI=1S/C17H16N4O3S2/c1-8-12(14(22)19-18-8)16-21(3)15(23)13(26-16)17-20(2)10-7-9(24-4)5-6-11(10)25-17/h5-7H,1-4H3,(H,19,22). The number of thiazole rings is 1. The van der Waals surface area contributed by atoms with E-state index in [1.54, 1.807) is 32.8 Å². The summed E-state index contributed by atoms with van der Waals surface area (Å²) >= 11 is 2.85. The van der Waals surface area contributed by atoms with Crippen molar-refractivity contribution in [2.45, 2.75) is 11.8 Å². The van der Waals surface area contributed by atoms with Gasteiger partial charge in [0, 0.05) is 25.1 Å². The van der Waals surface area contributed by atoms with Crippen LogP contribution in [0.3, 0.4) is 0 Å². The maximum Gasteiger partial charge on any atom is 0.276 e. The van der Waals surface area contributed by atoms with Crippen LogP contribution in [0, 0.1) is 0 Å². The number of hydrogen-bond acceptors (Lipinski definition) is 7. The Balaban J connectivity index is 1.97. The third-order valence-electron chi connectivity index (χ3n) is 4.36. The Morgan fingerprint density at radius 3 is 2.65 bits per heavy atom. The summed E-state index contributed by atoms with van der Waals surface area (Å²) in [7, 11) is 5.23. The van der Waals surface area contributed by atoms with Gasteiger partial charge in [-0.05, 0) is 19.1 Å². The molecule has 4 rings (SSSR count). The van der Waals surface area contributed by atoms with Gasteiger partial charge in [-0.15, -0.1) is 11.3 Å². The lowest BCUT2D eigenvalue weighted by atomic mass is 10.2. The quantitative estimate of drug-likeness (QED) is 0.766. The maximum atomic E-state index is 12.9. The van der Waals surface area contributed by atoms with Crippen LogP contribution in [0.25, 0.3) is 10.6 Å². The molecule has 3 heterocycles. The highest BCUT2D eigenvalue weighted by Crippen LogP contribution is 2.46. The van der Waals surface area contributed by atoms with Crippen molar-refractivity contribution in [2.75, 3.05) is 19.1 Å². The number of carbonyl (C=O) groups excluding carboxylic acids is 1. The molecule has 0 saturated heterocycles. The zero-order valence-electron chi connectivity index (χ0n) is 14.6. The summed E-state index contributed by atoms with van der Waals surface area (Å²) in [6, 6.07) is 5.83. The SMILES string of the molecule is COc1ccc2c(c1)N(C)C(=c1sc(=C3C(=O)NN=C3C)n(C)c1=O)S2. The van der Waals surface area contributed by atoms with Gasteiger partial charge in [0.25, 0.3) is 11.5 Å². The molecule has 0 atom stereocenters. The van der Waals surface area contributed by atoms with Gasteiger partial charge in [-0.2, -0.15) is 5.10 Å². The second kappa shape index (κ2) is 6.03. The van der Waals surface area contributed by atoms with Crippen LogP contribution in [0.1, 0.15) is 6.92 Å². The number of carbonyl (C=O) groups is 1. The van der Waals surface area contributed by atoms with Gasteiger partial charge >= 0.3 is 0 Å². The number of rotatable bonds is 1. The Hall–Kier alpha value is -2.52. The van der Waals surface area contributed by atoms with Gasteiger partial charge in [0.05, 0.1) is 24.1 Å². The van der Waals surface area contributed by atoms with E-state index < -0.39 is 0 Å². The summed E-state index contributed by atoms with van der Waals surface area (Å²) < 4.78 is 8.03. The Labute approximate surface area is 157 Å². The summed E-state index contributed by atoms with van der Waals surface area (Å²) in [5, 5.41) is 4.80. The molecule has 2 aliphatic heterocycles. The van der Waals surface area contributed by atoms with Crippen LogP contribution < -0.4 is 29.8 Å². The third kappa shape index (κ3) is 2.38. The first kappa shape index (κ1) is 16.9. The number of fused-ring (bicyclic) bond motifs is 1. The molecule has 0 radical (unpaired) electrons. The average molecular weight is 388 g/mol. The molecule has 9 heteroatoms. The first-order valence-corrected chi connectivity index (χ1v) is 9.44. The van der Waals surface area contributed by atoms with Crippen molar-refractivity contribution in [1.82, 2.24) is 9.99 Å². The van der Waals surface area contributed by atoms with E-state index in [0.29, 0.717) is 20.5 Å². The zero-order valence-corrected chi connectivity index (χ0v) is 16.2. The number of amides is 1. The highest BCUT2D eigenvalue weighted by molar-refractivity contribution is 8.08. The lowest BCUT2D eigenvalue weighted by Gasteiger charge is -2.13. The fraction of sp³-hybridized carbons (Fsp3) is 0.235. The lowest BCUT2D eigenvalue weighted by molar-refractivity contribution is -0.115. The predicted octanol–water partition coefficient (Wildman–Crippen LogP) is 0.420. The molecule has 134 valence electrons. The molecule has 0 spiro atoms. The number of hydrogen-bond donors (Lipinski definition) is 1. The number of methoxy groups -OCH3 is 1. The van der Waals surface area contributed by atoms with Gasteiger partial charge in [0.2, 0.25) is 0 Å². The molecule has 7 nitrogen and oxygen atoms in total. The van der Waals surface area contributed by atoms with E-state index in [4.69, 9.17) is 4.74 Å². The van der Waals surface area contributed by atoms with Crippen LogP contribution in [-0.2, 0) is 11.8 Å². The first-order chi connectivity index (χ1) is 12.4. The topological polar surface area (TPSA) is 75.9 Å². The van der Waals surface area contributed by atoms with Crippen LogP contribution in [0.4, 0.5) is 5.69 Å². The molecule has 1 aromatic carbocycles. The minimum Gasteiger partial charge on any atom is -0.497 e. The number of nitrogens with zero attached hydrogens (tertiary/aromatic N) is 3. The normalized spacial score (nSPS) is 20.2. The summed E-state index contributed by atoms with van der Waals surface area (Å²) in [4.78, 5) is 28.0. The molecule has 0 unspecified atom stereocenters. The van der Waals surface area contributed by atoms with Crippen molar-refractivity contribution in [3.8, 4) is 5.75 Å². The van der Waals surface area contributed by atoms with Crippen molar-refractivity contribution < 1.29 is 9.53 Å². The van der Waals surface area contributed by atoms with Crippen molar-refractivity contribution in [3.05, 3.63) is 37.7 Å². The number of ether oxygens (including phenoxy) is 1. The van der Waals surface area contributed by atoms with E-state index in [1.165, 1.54) is 15.9 Å². The molecular formula is C17H16N4O3S2. The summed E-state index contributed by atoms with van der Waals surface area (Å²) in [5.41, 5.74) is 4.35. The fourth-order valence-corrected chi connectivity index (χ4v) is 5.44. The number of aromatic nitrogens is 1. The Bertz CT molecular complexity index is 1160. The molecule has 1 amide bonds. The number of benzene rings is 1. The lowest BCUT2D eigenvalue weighted by Crippen LogP contribution is -2.33. The number of thioether (sulfide) groups is 1. The highest BCUT2D eigenvalue weighted by Gasteiger charge is 2.27. The molecule has 1 aromatic heterocycles. The third-order valence-corrected chi connectivity index (χ3v) is 6.97. The second-order valence-corrected chi connectivity index (χ2v) is 7.94. The highest BCUT2D eigenvalue weighted by atomic mass is 32.2. The van der Waals surface area contributed by atoms with Gasteiger partial charge in [-0.1, -0.05) is 11.8 Å². The molecule has 26 heavy (non-hydrogen) atoms.